The minimum Gasteiger partial charge on any atom is -0.506 e. The number of anilines is 1. The van der Waals surface area contributed by atoms with E-state index in [1.165, 1.54) is 11.1 Å². The van der Waals surface area contributed by atoms with Crippen LogP contribution in [0.3, 0.4) is 0 Å². The van der Waals surface area contributed by atoms with Crippen LogP contribution in [0.25, 0.3) is 0 Å². The maximum atomic E-state index is 12.6. The van der Waals surface area contributed by atoms with E-state index in [4.69, 9.17) is 0 Å². The van der Waals surface area contributed by atoms with Gasteiger partial charge in [-0.05, 0) is 49.2 Å². The van der Waals surface area contributed by atoms with Crippen molar-refractivity contribution in [1.29, 1.82) is 0 Å². The van der Waals surface area contributed by atoms with Crippen molar-refractivity contribution in [2.24, 2.45) is 0 Å². The molecule has 4 nitrogen and oxygen atoms in total. The number of thioether (sulfide) groups is 1. The van der Waals surface area contributed by atoms with Crippen LogP contribution in [0.5, 0.6) is 5.75 Å². The van der Waals surface area contributed by atoms with Gasteiger partial charge in [0.05, 0.1) is 11.4 Å². The number of piperazine rings is 1. The van der Waals surface area contributed by atoms with E-state index < -0.39 is 0 Å². The first-order valence-electron chi connectivity index (χ1n) is 8.66. The molecule has 0 aliphatic carbocycles. The Morgan fingerprint density at radius 1 is 1.12 bits per heavy atom. The van der Waals surface area contributed by atoms with E-state index in [9.17, 15) is 9.90 Å². The van der Waals surface area contributed by atoms with E-state index in [0.717, 1.165) is 28.1 Å². The van der Waals surface area contributed by atoms with Gasteiger partial charge in [-0.25, -0.2) is 0 Å². The summed E-state index contributed by atoms with van der Waals surface area (Å²) in [7, 11) is 0. The molecule has 1 amide bonds. The third kappa shape index (κ3) is 4.35. The fourth-order valence-corrected chi connectivity index (χ4v) is 4.54. The van der Waals surface area contributed by atoms with Crippen LogP contribution < -0.4 is 4.90 Å². The maximum absolute atomic E-state index is 12.6. The monoisotopic (exact) mass is 434 g/mol. The number of carbonyl (C=O) groups is 1. The summed E-state index contributed by atoms with van der Waals surface area (Å²) in [4.78, 5) is 17.8. The second-order valence-corrected chi connectivity index (χ2v) is 8.38. The molecular formula is C20H23BrN2O2S. The van der Waals surface area contributed by atoms with Crippen LogP contribution in [0, 0.1) is 13.8 Å². The van der Waals surface area contributed by atoms with Gasteiger partial charge in [0.15, 0.2) is 0 Å². The first-order valence-corrected chi connectivity index (χ1v) is 10.4. The zero-order chi connectivity index (χ0) is 18.7. The summed E-state index contributed by atoms with van der Waals surface area (Å²) in [5.41, 5.74) is 3.21. The number of phenolic OH excluding ortho intramolecular Hbond substituents is 1. The predicted molar refractivity (Wildman–Crippen MR) is 111 cm³/mol. The SMILES string of the molecule is Cc1cc(SCC(=O)N2CCN(c3ccccc3O)CC2)c(C)cc1Br. The number of nitrogens with zero attached hydrogens (tertiary/aromatic N) is 2. The quantitative estimate of drug-likeness (QED) is 0.731. The van der Waals surface area contributed by atoms with Crippen LogP contribution in [-0.2, 0) is 4.79 Å². The number of phenols is 1. The van der Waals surface area contributed by atoms with E-state index in [-0.39, 0.29) is 5.91 Å². The lowest BCUT2D eigenvalue weighted by Crippen LogP contribution is -2.49. The van der Waals surface area contributed by atoms with E-state index in [2.05, 4.69) is 46.8 Å². The van der Waals surface area contributed by atoms with Crippen molar-refractivity contribution in [3.63, 3.8) is 0 Å². The number of carbonyl (C=O) groups excluding carboxylic acids is 1. The Balaban J connectivity index is 1.54. The summed E-state index contributed by atoms with van der Waals surface area (Å²) in [6.07, 6.45) is 0. The Morgan fingerprint density at radius 2 is 1.81 bits per heavy atom. The summed E-state index contributed by atoms with van der Waals surface area (Å²) >= 11 is 5.15. The standard InChI is InChI=1S/C20H23BrN2O2S/c1-14-12-19(15(2)11-16(14)21)26-13-20(25)23-9-7-22(8-10-23)17-5-3-4-6-18(17)24/h3-6,11-12,24H,7-10,13H2,1-2H3. The molecule has 0 bridgehead atoms. The van der Waals surface area contributed by atoms with Gasteiger partial charge in [-0.2, -0.15) is 0 Å². The maximum Gasteiger partial charge on any atom is 0.233 e. The van der Waals surface area contributed by atoms with Gasteiger partial charge in [-0.3, -0.25) is 4.79 Å². The van der Waals surface area contributed by atoms with Crippen molar-refractivity contribution in [3.8, 4) is 5.75 Å². The number of aromatic hydroxyl groups is 1. The highest BCUT2D eigenvalue weighted by Gasteiger charge is 2.22. The summed E-state index contributed by atoms with van der Waals surface area (Å²) in [5, 5.41) is 9.99. The van der Waals surface area contributed by atoms with Crippen LogP contribution >= 0.6 is 27.7 Å². The average Bonchev–Trinajstić information content (AvgIpc) is 2.64. The molecule has 1 heterocycles. The van der Waals surface area contributed by atoms with Gasteiger partial charge in [0.25, 0.3) is 0 Å². The van der Waals surface area contributed by atoms with Crippen LogP contribution in [-0.4, -0.2) is 47.8 Å². The number of amides is 1. The molecule has 1 saturated heterocycles. The third-order valence-electron chi connectivity index (χ3n) is 4.66. The Labute approximate surface area is 167 Å². The van der Waals surface area contributed by atoms with E-state index >= 15 is 0 Å². The van der Waals surface area contributed by atoms with Crippen molar-refractivity contribution in [1.82, 2.24) is 4.90 Å². The van der Waals surface area contributed by atoms with Crippen molar-refractivity contribution >= 4 is 39.3 Å². The molecule has 138 valence electrons. The lowest BCUT2D eigenvalue weighted by Gasteiger charge is -2.36. The number of para-hydroxylation sites is 2. The highest BCUT2D eigenvalue weighted by molar-refractivity contribution is 9.10. The molecule has 0 unspecified atom stereocenters. The molecule has 0 radical (unpaired) electrons. The Kier molecular flexibility index (Phi) is 6.14. The van der Waals surface area contributed by atoms with Crippen molar-refractivity contribution in [2.75, 3.05) is 36.8 Å². The summed E-state index contributed by atoms with van der Waals surface area (Å²) < 4.78 is 1.10. The van der Waals surface area contributed by atoms with Crippen LogP contribution in [0.15, 0.2) is 45.8 Å². The van der Waals surface area contributed by atoms with Crippen LogP contribution in [0.4, 0.5) is 5.69 Å². The van der Waals surface area contributed by atoms with E-state index in [0.29, 0.717) is 24.6 Å². The zero-order valence-electron chi connectivity index (χ0n) is 15.0. The number of rotatable bonds is 4. The fourth-order valence-electron chi connectivity index (χ4n) is 3.07. The van der Waals surface area contributed by atoms with Crippen LogP contribution in [0.2, 0.25) is 0 Å². The summed E-state index contributed by atoms with van der Waals surface area (Å²) in [6, 6.07) is 11.6. The second kappa shape index (κ2) is 8.35. The third-order valence-corrected chi connectivity index (χ3v) is 6.66. The highest BCUT2D eigenvalue weighted by Crippen LogP contribution is 2.29. The smallest absolute Gasteiger partial charge is 0.233 e. The number of benzene rings is 2. The molecule has 0 spiro atoms. The minimum absolute atomic E-state index is 0.173. The lowest BCUT2D eigenvalue weighted by atomic mass is 10.2. The topological polar surface area (TPSA) is 43.8 Å². The van der Waals surface area contributed by atoms with Gasteiger partial charge >= 0.3 is 0 Å². The van der Waals surface area contributed by atoms with E-state index in [1.807, 2.05) is 23.1 Å². The second-order valence-electron chi connectivity index (χ2n) is 6.51. The fraction of sp³-hybridized carbons (Fsp3) is 0.350. The van der Waals surface area contributed by atoms with Gasteiger partial charge in [0.2, 0.25) is 5.91 Å². The Morgan fingerprint density at radius 3 is 2.50 bits per heavy atom. The normalized spacial score (nSPS) is 14.6. The lowest BCUT2D eigenvalue weighted by molar-refractivity contribution is -0.128. The van der Waals surface area contributed by atoms with Crippen molar-refractivity contribution in [3.05, 3.63) is 52.0 Å². The van der Waals surface area contributed by atoms with Gasteiger partial charge in [0.1, 0.15) is 5.75 Å². The Hall–Kier alpha value is -1.66. The van der Waals surface area contributed by atoms with Crippen molar-refractivity contribution < 1.29 is 9.90 Å². The highest BCUT2D eigenvalue weighted by atomic mass is 79.9. The van der Waals surface area contributed by atoms with Crippen molar-refractivity contribution in [2.45, 2.75) is 18.7 Å². The molecule has 1 fully saturated rings. The molecule has 1 aliphatic heterocycles. The van der Waals surface area contributed by atoms with Crippen LogP contribution in [0.1, 0.15) is 11.1 Å². The Bertz CT molecular complexity index is 804. The zero-order valence-corrected chi connectivity index (χ0v) is 17.4. The first kappa shape index (κ1) is 19.1. The largest absolute Gasteiger partial charge is 0.506 e. The molecule has 0 aromatic heterocycles. The molecule has 2 aromatic carbocycles. The molecule has 26 heavy (non-hydrogen) atoms. The summed E-state index contributed by atoms with van der Waals surface area (Å²) in [5.74, 6) is 0.925. The van der Waals surface area contributed by atoms with Gasteiger partial charge in [-0.15, -0.1) is 11.8 Å². The van der Waals surface area contributed by atoms with Gasteiger partial charge in [-0.1, -0.05) is 28.1 Å². The number of hydrogen-bond acceptors (Lipinski definition) is 4. The molecular weight excluding hydrogens is 412 g/mol. The van der Waals surface area contributed by atoms with E-state index in [1.54, 1.807) is 17.8 Å². The molecule has 1 aliphatic rings. The molecule has 0 saturated carbocycles. The predicted octanol–water partition coefficient (Wildman–Crippen LogP) is 4.21. The molecule has 0 atom stereocenters. The number of hydrogen-bond donors (Lipinski definition) is 1. The number of aryl methyl sites for hydroxylation is 2. The average molecular weight is 435 g/mol. The summed E-state index contributed by atoms with van der Waals surface area (Å²) in [6.45, 7) is 6.99. The van der Waals surface area contributed by atoms with Gasteiger partial charge < -0.3 is 14.9 Å². The van der Waals surface area contributed by atoms with Gasteiger partial charge in [0, 0.05) is 35.5 Å². The number of halogens is 1. The molecule has 3 rings (SSSR count). The molecule has 2 aromatic rings. The first-order chi connectivity index (χ1) is 12.5. The minimum atomic E-state index is 0.173. The molecule has 1 N–H and O–H groups in total. The molecule has 6 heteroatoms.